The number of aliphatic hydroxyl groups is 1. The normalized spacial score (nSPS) is 21.7. The van der Waals surface area contributed by atoms with Crippen LogP contribution in [0.4, 0.5) is 8.78 Å². The summed E-state index contributed by atoms with van der Waals surface area (Å²) in [6.45, 7) is 15.0. The summed E-state index contributed by atoms with van der Waals surface area (Å²) in [4.78, 5) is 52.4. The molecular weight excluding hydrogens is 1190 g/mol. The van der Waals surface area contributed by atoms with Gasteiger partial charge in [0, 0.05) is 30.4 Å². The second kappa shape index (κ2) is 28.1. The summed E-state index contributed by atoms with van der Waals surface area (Å²) in [5.74, 6) is 2.05. The van der Waals surface area contributed by atoms with Crippen molar-refractivity contribution in [2.75, 3.05) is 41.7 Å². The molecule has 3 N–H and O–H groups in total. The van der Waals surface area contributed by atoms with E-state index in [1.54, 1.807) is 35.4 Å². The summed E-state index contributed by atoms with van der Waals surface area (Å²) in [7, 11) is 4.99. The fourth-order valence-corrected chi connectivity index (χ4v) is 10.7. The Bertz CT molecular complexity index is 3530. The van der Waals surface area contributed by atoms with E-state index in [0.29, 0.717) is 28.0 Å². The van der Waals surface area contributed by atoms with Gasteiger partial charge in [0.2, 0.25) is 0 Å². The highest BCUT2D eigenvalue weighted by atomic mass is 35.6. The van der Waals surface area contributed by atoms with E-state index >= 15 is 8.78 Å². The molecule has 0 amide bonds. The predicted molar refractivity (Wildman–Crippen MR) is 344 cm³/mol. The van der Waals surface area contributed by atoms with Crippen LogP contribution < -0.4 is 41.4 Å². The lowest BCUT2D eigenvalue weighted by atomic mass is 9.79. The maximum absolute atomic E-state index is 16.2. The summed E-state index contributed by atoms with van der Waals surface area (Å²) in [5, 5.41) is 11.4. The van der Waals surface area contributed by atoms with Crippen LogP contribution in [-0.4, -0.2) is 103 Å². The Labute approximate surface area is 527 Å². The SMILES string of the molecule is CC(C)(C)[Si](C)(C)Cl.COc1ccc(C(OC[C@H]2O[C@@H](n3ccc(=O)[nH]c3=O)[C@](C)(F)[C@@H]2C)(c2ccccc2)c2ccc(OC)cc2)cc1.COc1ccc(C(OC[C@H]2O[C@@H](n3ccc(=O)[nH]c3=O)[C@](C)(F)[C@@H]2O)(c2ccccc2)c2ccc(OC)cc2)cc1. The monoisotopic (exact) mass is 1270 g/mol. The molecule has 2 aromatic heterocycles. The zero-order valence-corrected chi connectivity index (χ0v) is 54.3. The summed E-state index contributed by atoms with van der Waals surface area (Å²) in [6, 6.07) is 51.5. The molecule has 8 atom stereocenters. The number of H-pyrrole nitrogens is 2. The average Bonchev–Trinajstić information content (AvgIpc) is 1.16. The van der Waals surface area contributed by atoms with Crippen LogP contribution in [0.25, 0.3) is 0 Å². The molecule has 2 saturated heterocycles. The number of nitrogens with zero attached hydrogens (tertiary/aromatic N) is 2. The van der Waals surface area contributed by atoms with Crippen LogP contribution in [0.1, 0.15) is 87.4 Å². The number of nitrogens with one attached hydrogen (secondary N) is 2. The second-order valence-corrected chi connectivity index (χ2v) is 31.3. The minimum absolute atomic E-state index is 0.00222. The Balaban J connectivity index is 0.000000207. The molecule has 0 saturated carbocycles. The van der Waals surface area contributed by atoms with Gasteiger partial charge in [-0.05, 0) is 101 Å². The van der Waals surface area contributed by atoms with Gasteiger partial charge in [-0.2, -0.15) is 11.1 Å². The lowest BCUT2D eigenvalue weighted by molar-refractivity contribution is -0.0968. The zero-order chi connectivity index (χ0) is 65.4. The van der Waals surface area contributed by atoms with E-state index < -0.39 is 89.1 Å². The Morgan fingerprint density at radius 2 is 0.800 bits per heavy atom. The number of aromatic amines is 2. The van der Waals surface area contributed by atoms with Crippen LogP contribution in [0.2, 0.25) is 18.1 Å². The smallest absolute Gasteiger partial charge is 0.330 e. The fourth-order valence-electron chi connectivity index (χ4n) is 10.7. The van der Waals surface area contributed by atoms with Crippen LogP contribution in [0, 0.1) is 5.92 Å². The number of alkyl halides is 2. The van der Waals surface area contributed by atoms with Gasteiger partial charge in [0.15, 0.2) is 31.2 Å². The van der Waals surface area contributed by atoms with E-state index in [2.05, 4.69) is 43.8 Å². The molecule has 4 heterocycles. The quantitative estimate of drug-likeness (QED) is 0.0416. The van der Waals surface area contributed by atoms with E-state index in [-0.39, 0.29) is 13.2 Å². The van der Waals surface area contributed by atoms with Crippen molar-refractivity contribution < 1.29 is 51.8 Å². The summed E-state index contributed by atoms with van der Waals surface area (Å²) < 4.78 is 81.4. The van der Waals surface area contributed by atoms with E-state index in [4.69, 9.17) is 49.0 Å². The number of hydrogen-bond acceptors (Lipinski definition) is 13. The Kier molecular flexibility index (Phi) is 21.2. The van der Waals surface area contributed by atoms with E-state index in [1.807, 2.05) is 158 Å². The average molecular weight is 1270 g/mol. The standard InChI is InChI=1S/C32H33FN2O6.C31H31FN2O7.C6H15ClSi/c1-21-27(41-29(31(21,2)33)35-19-18-28(36)34-30(35)37)20-40-32(22-8-6-5-7-9-22,23-10-14-25(38-3)15-11-23)24-12-16-26(39-4)17-13-24;1-30(32)27(36)25(41-28(30)34-18-17-26(35)33-29(34)37)19-40-31(20-7-5-4-6-8-20,21-9-13-23(38-2)14-10-21)22-11-15-24(39-3)16-12-22;1-6(2,3)8(4,5)7/h5-19,21,27,29H,20H2,1-4H3,(H,34,36,37);4-18,25,27-28,36H,19H2,1-3H3,(H,33,35,37);1-5H3/t21-,27-,29-,31-;25-,27-,28-,30-;/m11./s1. The molecule has 8 aromatic rings. The number of benzene rings is 6. The zero-order valence-electron chi connectivity index (χ0n) is 52.6. The third-order valence-electron chi connectivity index (χ3n) is 17.2. The molecule has 90 heavy (non-hydrogen) atoms. The molecule has 21 heteroatoms. The molecule has 0 aliphatic carbocycles. The number of ether oxygens (including phenoxy) is 8. The third kappa shape index (κ3) is 14.3. The van der Waals surface area contributed by atoms with E-state index in [0.717, 1.165) is 61.7 Å². The number of aliphatic hydroxyl groups excluding tert-OH is 1. The van der Waals surface area contributed by atoms with Crippen molar-refractivity contribution in [3.05, 3.63) is 257 Å². The number of aromatic nitrogens is 4. The minimum Gasteiger partial charge on any atom is -0.497 e. The van der Waals surface area contributed by atoms with Gasteiger partial charge in [-0.3, -0.25) is 28.7 Å². The van der Waals surface area contributed by atoms with Gasteiger partial charge < -0.3 is 43.0 Å². The highest BCUT2D eigenvalue weighted by Crippen LogP contribution is 2.49. The maximum atomic E-state index is 16.2. The van der Waals surface area contributed by atoms with Crippen LogP contribution in [0.15, 0.2) is 201 Å². The van der Waals surface area contributed by atoms with Gasteiger partial charge in [0.1, 0.15) is 46.4 Å². The summed E-state index contributed by atoms with van der Waals surface area (Å²) >= 11 is 6.15. The lowest BCUT2D eigenvalue weighted by Crippen LogP contribution is -2.44. The molecule has 6 aromatic carbocycles. The molecule has 2 aliphatic rings. The van der Waals surface area contributed by atoms with Gasteiger partial charge in [0.25, 0.3) is 11.1 Å². The second-order valence-electron chi connectivity index (χ2n) is 24.0. The molecule has 2 fully saturated rings. The number of hydrogen-bond donors (Lipinski definition) is 3. The van der Waals surface area contributed by atoms with Crippen molar-refractivity contribution in [2.24, 2.45) is 5.92 Å². The minimum atomic E-state index is -2.37. The number of halogens is 3. The van der Waals surface area contributed by atoms with Gasteiger partial charge in [0.05, 0.1) is 47.8 Å². The Hall–Kier alpha value is -7.95. The highest BCUT2D eigenvalue weighted by Gasteiger charge is 2.57. The first-order valence-corrected chi connectivity index (χ1v) is 33.3. The molecular formula is C69H79ClF2N4O13Si. The maximum Gasteiger partial charge on any atom is 0.330 e. The Morgan fingerprint density at radius 1 is 0.511 bits per heavy atom. The van der Waals surface area contributed by atoms with Crippen molar-refractivity contribution in [3.63, 3.8) is 0 Å². The van der Waals surface area contributed by atoms with Crippen molar-refractivity contribution in [2.45, 2.75) is 113 Å². The summed E-state index contributed by atoms with van der Waals surface area (Å²) in [5.41, 5.74) is -4.61. The van der Waals surface area contributed by atoms with Crippen LogP contribution in [0.3, 0.4) is 0 Å². The third-order valence-corrected chi connectivity index (χ3v) is 22.5. The van der Waals surface area contributed by atoms with Crippen LogP contribution in [-0.2, 0) is 30.1 Å². The first-order chi connectivity index (χ1) is 42.6. The van der Waals surface area contributed by atoms with E-state index in [9.17, 15) is 24.3 Å². The van der Waals surface area contributed by atoms with E-state index in [1.165, 1.54) is 19.2 Å². The van der Waals surface area contributed by atoms with Crippen LogP contribution in [0.5, 0.6) is 23.0 Å². The van der Waals surface area contributed by atoms with Crippen LogP contribution >= 0.6 is 11.1 Å². The molecule has 478 valence electrons. The van der Waals surface area contributed by atoms with Crippen molar-refractivity contribution in [1.29, 1.82) is 0 Å². The fraction of sp³-hybridized carbons (Fsp3) is 0.362. The van der Waals surface area contributed by atoms with Crippen molar-refractivity contribution in [1.82, 2.24) is 19.1 Å². The predicted octanol–water partition coefficient (Wildman–Crippen LogP) is 11.6. The topological polar surface area (TPSA) is 204 Å². The lowest BCUT2D eigenvalue weighted by Gasteiger charge is -2.37. The largest absolute Gasteiger partial charge is 0.497 e. The Morgan fingerprint density at radius 3 is 1.10 bits per heavy atom. The molecule has 2 aliphatic heterocycles. The molecule has 10 rings (SSSR count). The van der Waals surface area contributed by atoms with Gasteiger partial charge in [-0.15, -0.1) is 0 Å². The van der Waals surface area contributed by atoms with Crippen molar-refractivity contribution in [3.8, 4) is 23.0 Å². The van der Waals surface area contributed by atoms with Gasteiger partial charge in [-0.1, -0.05) is 150 Å². The van der Waals surface area contributed by atoms with Gasteiger partial charge in [-0.25, -0.2) is 18.4 Å². The number of rotatable bonds is 18. The molecule has 0 unspecified atom stereocenters. The highest BCUT2D eigenvalue weighted by molar-refractivity contribution is 7.20. The first kappa shape index (κ1) is 68.0. The number of methoxy groups -OCH3 is 4. The van der Waals surface area contributed by atoms with Crippen molar-refractivity contribution >= 4 is 18.5 Å². The summed E-state index contributed by atoms with van der Waals surface area (Å²) in [6.07, 6.45) is -3.87. The van der Waals surface area contributed by atoms with Gasteiger partial charge >= 0.3 is 11.4 Å². The molecule has 0 radical (unpaired) electrons. The molecule has 0 bridgehead atoms. The first-order valence-electron chi connectivity index (χ1n) is 29.3. The molecule has 0 spiro atoms. The molecule has 17 nitrogen and oxygen atoms in total.